The highest BCUT2D eigenvalue weighted by Gasteiger charge is 1.94. The largest absolute Gasteiger partial charge is 0.637 e. The monoisotopic (exact) mass is 302 g/mol. The normalized spacial score (nSPS) is 10.3. The number of rotatable bonds is 16. The number of unbranched alkanes of at least 4 members (excludes halogenated alkanes) is 15. The predicted octanol–water partition coefficient (Wildman–Crippen LogP) is 4.93. The summed E-state index contributed by atoms with van der Waals surface area (Å²) >= 11 is 0. The Kier molecular flexibility index (Phi) is 27.4. The minimum atomic E-state index is 0.873. The van der Waals surface area contributed by atoms with Crippen LogP contribution in [0.25, 0.3) is 0 Å². The molecule has 0 aromatic carbocycles. The van der Waals surface area contributed by atoms with Gasteiger partial charge in [-0.3, -0.25) is 0 Å². The van der Waals surface area contributed by atoms with E-state index in [9.17, 15) is 0 Å². The lowest BCUT2D eigenvalue weighted by atomic mass is 10.0. The second-order valence-electron chi connectivity index (χ2n) is 6.09. The van der Waals surface area contributed by atoms with Gasteiger partial charge in [0, 0.05) is 0 Å². The summed E-state index contributed by atoms with van der Waals surface area (Å²) in [5, 5.41) is 8.00. The van der Waals surface area contributed by atoms with Crippen LogP contribution in [-0.4, -0.2) is 6.54 Å². The van der Waals surface area contributed by atoms with Gasteiger partial charge in [0.25, 0.3) is 0 Å². The van der Waals surface area contributed by atoms with Crippen LogP contribution in [0.15, 0.2) is 0 Å². The summed E-state index contributed by atoms with van der Waals surface area (Å²) in [5.74, 6) is 2.00. The Morgan fingerprint density at radius 3 is 1.00 bits per heavy atom. The molecule has 3 nitrogen and oxygen atoms in total. The van der Waals surface area contributed by atoms with Gasteiger partial charge >= 0.3 is 0 Å². The maximum atomic E-state index is 8.00. The lowest BCUT2D eigenvalue weighted by molar-refractivity contribution is -0.275. The first-order chi connectivity index (χ1) is 10.4. The summed E-state index contributed by atoms with van der Waals surface area (Å²) in [6, 6.07) is 0. The molecule has 3 heteroatoms. The van der Waals surface area contributed by atoms with Crippen LogP contribution in [-0.2, 0) is 0 Å². The third kappa shape index (κ3) is 25.2. The fourth-order valence-corrected chi connectivity index (χ4v) is 2.69. The van der Waals surface area contributed by atoms with Crippen molar-refractivity contribution in [1.29, 1.82) is 0 Å². The van der Waals surface area contributed by atoms with E-state index in [0.717, 1.165) is 6.54 Å². The molecule has 0 aromatic heterocycles. The number of hydrogen-bond donors (Lipinski definition) is 2. The van der Waals surface area contributed by atoms with Crippen LogP contribution in [0, 0.1) is 5.21 Å². The van der Waals surface area contributed by atoms with E-state index in [4.69, 9.17) is 10.9 Å². The van der Waals surface area contributed by atoms with Crippen molar-refractivity contribution < 1.29 is 5.90 Å². The zero-order chi connectivity index (χ0) is 16.0. The second-order valence-corrected chi connectivity index (χ2v) is 6.09. The Labute approximate surface area is 133 Å². The molecule has 0 radical (unpaired) electrons. The van der Waals surface area contributed by atoms with E-state index in [-0.39, 0.29) is 0 Å². The Balaban J connectivity index is 0. The van der Waals surface area contributed by atoms with Gasteiger partial charge in [-0.15, -0.1) is 0 Å². The second kappa shape index (κ2) is 24.9. The highest BCUT2D eigenvalue weighted by atomic mass is 16.4. The molecule has 21 heavy (non-hydrogen) atoms. The van der Waals surface area contributed by atoms with Gasteiger partial charge in [-0.1, -0.05) is 103 Å². The first kappa shape index (κ1) is 23.2. The van der Waals surface area contributed by atoms with Crippen molar-refractivity contribution in [2.45, 2.75) is 110 Å². The van der Waals surface area contributed by atoms with Crippen molar-refractivity contribution >= 4 is 0 Å². The molecule has 0 spiro atoms. The molecule has 5 N–H and O–H groups in total. The van der Waals surface area contributed by atoms with Gasteiger partial charge in [0.05, 0.1) is 0 Å². The molecule has 0 saturated heterocycles. The molecule has 0 aliphatic carbocycles. The quantitative estimate of drug-likeness (QED) is 0.313. The summed E-state index contributed by atoms with van der Waals surface area (Å²) in [6.45, 7) is 3.16. The molecule has 130 valence electrons. The number of quaternary nitrogens is 1. The first-order valence-electron chi connectivity index (χ1n) is 9.40. The molecule has 0 aliphatic heterocycles. The Morgan fingerprint density at radius 2 is 0.762 bits per heavy atom. The molecule has 0 bridgehead atoms. The van der Waals surface area contributed by atoms with Crippen molar-refractivity contribution in [3.05, 3.63) is 5.21 Å². The van der Waals surface area contributed by atoms with Crippen molar-refractivity contribution in [2.75, 3.05) is 6.54 Å². The van der Waals surface area contributed by atoms with E-state index in [1.54, 1.807) is 0 Å². The van der Waals surface area contributed by atoms with Gasteiger partial charge in [-0.2, -0.15) is 0 Å². The van der Waals surface area contributed by atoms with Crippen molar-refractivity contribution in [3.8, 4) is 0 Å². The summed E-state index contributed by atoms with van der Waals surface area (Å²) < 4.78 is 0. The van der Waals surface area contributed by atoms with Gasteiger partial charge in [0.1, 0.15) is 0 Å². The van der Waals surface area contributed by atoms with E-state index in [0.29, 0.717) is 0 Å². The smallest absolute Gasteiger partial charge is 0.00773 e. The number of hydrogen-bond acceptors (Lipinski definition) is 2. The van der Waals surface area contributed by atoms with Crippen LogP contribution in [0.5, 0.6) is 0 Å². The predicted molar refractivity (Wildman–Crippen MR) is 94.9 cm³/mol. The molecule has 0 saturated carbocycles. The fraction of sp³-hybridized carbons (Fsp3) is 1.00. The van der Waals surface area contributed by atoms with E-state index in [1.807, 2.05) is 5.90 Å². The molecule has 0 unspecified atom stereocenters. The maximum absolute atomic E-state index is 8.00. The Bertz CT molecular complexity index is 138. The van der Waals surface area contributed by atoms with Crippen LogP contribution in [0.2, 0.25) is 0 Å². The van der Waals surface area contributed by atoms with Crippen molar-refractivity contribution in [2.24, 2.45) is 5.73 Å². The standard InChI is InChI=1S/C18H39N.H3NO/c1-2-3-4-5-6-7-8-9-10-11-12-13-14-15-16-17-18-19;1-2/h2-19H2,1H3;1H3. The minimum absolute atomic E-state index is 0.873. The average molecular weight is 303 g/mol. The van der Waals surface area contributed by atoms with E-state index < -0.39 is 0 Å². The molecule has 0 heterocycles. The lowest BCUT2D eigenvalue weighted by Gasteiger charge is -2.03. The number of nitrogens with two attached hydrogens (primary N) is 1. The molecular formula is C18H42N2O. The molecule has 0 aromatic rings. The molecule has 0 atom stereocenters. The highest BCUT2D eigenvalue weighted by molar-refractivity contribution is 4.49. The summed E-state index contributed by atoms with van der Waals surface area (Å²) in [7, 11) is 0. The van der Waals surface area contributed by atoms with Crippen LogP contribution in [0.1, 0.15) is 110 Å². The fourth-order valence-electron chi connectivity index (χ4n) is 2.69. The van der Waals surface area contributed by atoms with Gasteiger partial charge in [0.2, 0.25) is 0 Å². The van der Waals surface area contributed by atoms with Gasteiger partial charge < -0.3 is 16.8 Å². The molecule has 0 fully saturated rings. The highest BCUT2D eigenvalue weighted by Crippen LogP contribution is 2.13. The molecule has 0 rings (SSSR count). The molecule has 0 amide bonds. The van der Waals surface area contributed by atoms with Crippen LogP contribution >= 0.6 is 0 Å². The summed E-state index contributed by atoms with van der Waals surface area (Å²) in [4.78, 5) is 0. The van der Waals surface area contributed by atoms with Crippen molar-refractivity contribution in [1.82, 2.24) is 0 Å². The van der Waals surface area contributed by atoms with Crippen LogP contribution in [0.4, 0.5) is 0 Å². The third-order valence-corrected chi connectivity index (χ3v) is 4.06. The van der Waals surface area contributed by atoms with E-state index in [2.05, 4.69) is 6.92 Å². The third-order valence-electron chi connectivity index (χ3n) is 4.06. The molecular weight excluding hydrogens is 260 g/mol. The lowest BCUT2D eigenvalue weighted by Crippen LogP contribution is -2.37. The van der Waals surface area contributed by atoms with Crippen LogP contribution < -0.4 is 11.6 Å². The van der Waals surface area contributed by atoms with E-state index in [1.165, 1.54) is 103 Å². The zero-order valence-corrected chi connectivity index (χ0v) is 14.7. The topological polar surface area (TPSA) is 76.7 Å². The minimum Gasteiger partial charge on any atom is -0.637 e. The zero-order valence-electron chi connectivity index (χ0n) is 14.7. The average Bonchev–Trinajstić information content (AvgIpc) is 2.53. The summed E-state index contributed by atoms with van der Waals surface area (Å²) in [6.07, 6.45) is 22.9. The Hall–Kier alpha value is -0.120. The van der Waals surface area contributed by atoms with Crippen molar-refractivity contribution in [3.63, 3.8) is 0 Å². The van der Waals surface area contributed by atoms with E-state index >= 15 is 0 Å². The van der Waals surface area contributed by atoms with Gasteiger partial charge in [0.15, 0.2) is 0 Å². The SMILES string of the molecule is CCCCCCCCCCCCCCCCCCN.[NH3+][O-]. The summed E-state index contributed by atoms with van der Waals surface area (Å²) in [5.41, 5.74) is 5.48. The Morgan fingerprint density at radius 1 is 0.524 bits per heavy atom. The van der Waals surface area contributed by atoms with Gasteiger partial charge in [-0.25, -0.2) is 0 Å². The van der Waals surface area contributed by atoms with Gasteiger partial charge in [-0.05, 0) is 13.0 Å². The molecule has 0 aliphatic rings. The first-order valence-corrected chi connectivity index (χ1v) is 9.40. The maximum Gasteiger partial charge on any atom is -0.00773 e. The van der Waals surface area contributed by atoms with Crippen LogP contribution in [0.3, 0.4) is 0 Å².